The molecular weight excluding hydrogens is 374 g/mol. The van der Waals surface area contributed by atoms with Gasteiger partial charge < -0.3 is 5.32 Å². The molecule has 0 aliphatic heterocycles. The summed E-state index contributed by atoms with van der Waals surface area (Å²) in [5, 5.41) is 3.44. The molecule has 0 bridgehead atoms. The minimum atomic E-state index is -0.436. The van der Waals surface area contributed by atoms with E-state index in [0.717, 1.165) is 46.2 Å². The molecule has 7 heteroatoms. The molecule has 2 aromatic heterocycles. The van der Waals surface area contributed by atoms with Gasteiger partial charge in [-0.15, -0.1) is 11.3 Å². The van der Waals surface area contributed by atoms with E-state index in [0.29, 0.717) is 18.4 Å². The largest absolute Gasteiger partial charge is 0.354 e. The van der Waals surface area contributed by atoms with E-state index in [-0.39, 0.29) is 18.0 Å². The van der Waals surface area contributed by atoms with Gasteiger partial charge in [-0.25, -0.2) is 4.79 Å². The predicted molar refractivity (Wildman–Crippen MR) is 111 cm³/mol. The summed E-state index contributed by atoms with van der Waals surface area (Å²) >= 11 is 1.54. The lowest BCUT2D eigenvalue weighted by Crippen LogP contribution is -2.43. The van der Waals surface area contributed by atoms with Crippen molar-refractivity contribution in [1.29, 1.82) is 0 Å². The minimum absolute atomic E-state index is 0.249. The summed E-state index contributed by atoms with van der Waals surface area (Å²) in [6.45, 7) is 0.217. The molecule has 146 valence electrons. The Kier molecular flexibility index (Phi) is 5.17. The number of hydrogen-bond acceptors (Lipinski definition) is 4. The van der Waals surface area contributed by atoms with Crippen LogP contribution in [0.2, 0.25) is 0 Å². The number of amides is 1. The van der Waals surface area contributed by atoms with Crippen molar-refractivity contribution < 1.29 is 4.79 Å². The van der Waals surface area contributed by atoms with E-state index in [1.54, 1.807) is 18.4 Å². The predicted octanol–water partition coefficient (Wildman–Crippen LogP) is 2.00. The third-order valence-electron chi connectivity index (χ3n) is 5.31. The van der Waals surface area contributed by atoms with Crippen LogP contribution in [-0.2, 0) is 37.6 Å². The van der Waals surface area contributed by atoms with Gasteiger partial charge in [0.1, 0.15) is 11.4 Å². The second-order valence-corrected chi connectivity index (χ2v) is 8.29. The van der Waals surface area contributed by atoms with Crippen LogP contribution in [0.25, 0.3) is 10.2 Å². The van der Waals surface area contributed by atoms with E-state index in [9.17, 15) is 14.4 Å². The minimum Gasteiger partial charge on any atom is -0.354 e. The van der Waals surface area contributed by atoms with Crippen molar-refractivity contribution in [2.75, 3.05) is 6.54 Å². The molecule has 28 heavy (non-hydrogen) atoms. The normalized spacial score (nSPS) is 13.5. The molecule has 4 rings (SSSR count). The monoisotopic (exact) mass is 397 g/mol. The van der Waals surface area contributed by atoms with Gasteiger partial charge >= 0.3 is 5.69 Å². The number of aryl methyl sites for hydroxylation is 3. The number of aromatic nitrogens is 2. The zero-order valence-corrected chi connectivity index (χ0v) is 16.7. The summed E-state index contributed by atoms with van der Waals surface area (Å²) in [7, 11) is 1.68. The summed E-state index contributed by atoms with van der Waals surface area (Å²) in [4.78, 5) is 40.0. The van der Waals surface area contributed by atoms with Gasteiger partial charge in [0, 0.05) is 18.5 Å². The van der Waals surface area contributed by atoms with Crippen LogP contribution in [0.1, 0.15) is 28.8 Å². The van der Waals surface area contributed by atoms with Crippen molar-refractivity contribution in [1.82, 2.24) is 14.5 Å². The standard InChI is InChI=1S/C21H23N3O3S/c1-23-20-18(15-9-5-6-10-16(15)28-20)19(26)24(21(23)27)13-17(25)22-12-11-14-7-3-2-4-8-14/h2-4,7-8H,5-6,9-13H2,1H3,(H,22,25). The highest BCUT2D eigenvalue weighted by molar-refractivity contribution is 7.18. The van der Waals surface area contributed by atoms with Gasteiger partial charge in [-0.05, 0) is 43.2 Å². The topological polar surface area (TPSA) is 73.1 Å². The fourth-order valence-electron chi connectivity index (χ4n) is 3.83. The third kappa shape index (κ3) is 3.42. The summed E-state index contributed by atoms with van der Waals surface area (Å²) in [6.07, 6.45) is 4.71. The molecule has 1 aromatic carbocycles. The van der Waals surface area contributed by atoms with Crippen LogP contribution >= 0.6 is 11.3 Å². The second-order valence-electron chi connectivity index (χ2n) is 7.21. The Hall–Kier alpha value is -2.67. The fourth-order valence-corrected chi connectivity index (χ4v) is 5.16. The smallest absolute Gasteiger partial charge is 0.332 e. The maximum absolute atomic E-state index is 13.0. The van der Waals surface area contributed by atoms with Crippen molar-refractivity contribution >= 4 is 27.5 Å². The van der Waals surface area contributed by atoms with Crippen molar-refractivity contribution in [3.8, 4) is 0 Å². The van der Waals surface area contributed by atoms with Crippen LogP contribution < -0.4 is 16.6 Å². The SMILES string of the molecule is Cn1c(=O)n(CC(=O)NCCc2ccccc2)c(=O)c2c3c(sc21)CCCC3. The van der Waals surface area contributed by atoms with E-state index >= 15 is 0 Å². The average Bonchev–Trinajstić information content (AvgIpc) is 3.10. The van der Waals surface area contributed by atoms with Crippen LogP contribution in [0.3, 0.4) is 0 Å². The first kappa shape index (κ1) is 18.7. The summed E-state index contributed by atoms with van der Waals surface area (Å²) in [6, 6.07) is 9.86. The van der Waals surface area contributed by atoms with Crippen LogP contribution in [0.4, 0.5) is 0 Å². The molecule has 0 spiro atoms. The maximum Gasteiger partial charge on any atom is 0.332 e. The lowest BCUT2D eigenvalue weighted by atomic mass is 9.97. The van der Waals surface area contributed by atoms with E-state index in [1.807, 2.05) is 30.3 Å². The molecule has 0 fully saturated rings. The van der Waals surface area contributed by atoms with Crippen molar-refractivity contribution in [2.24, 2.45) is 7.05 Å². The number of nitrogens with zero attached hydrogens (tertiary/aromatic N) is 2. The highest BCUT2D eigenvalue weighted by atomic mass is 32.1. The Bertz CT molecular complexity index is 1140. The zero-order valence-electron chi connectivity index (χ0n) is 15.9. The second kappa shape index (κ2) is 7.75. The van der Waals surface area contributed by atoms with Gasteiger partial charge in [-0.1, -0.05) is 30.3 Å². The fraction of sp³-hybridized carbons (Fsp3) is 0.381. The van der Waals surface area contributed by atoms with Gasteiger partial charge in [0.05, 0.1) is 5.39 Å². The van der Waals surface area contributed by atoms with E-state index in [1.165, 1.54) is 9.44 Å². The average molecular weight is 398 g/mol. The summed E-state index contributed by atoms with van der Waals surface area (Å²) in [5.74, 6) is -0.321. The highest BCUT2D eigenvalue weighted by Gasteiger charge is 2.23. The number of thiophene rings is 1. The van der Waals surface area contributed by atoms with Crippen LogP contribution in [0.15, 0.2) is 39.9 Å². The number of benzene rings is 1. The first-order valence-electron chi connectivity index (χ1n) is 9.61. The number of carbonyl (C=O) groups excluding carboxylic acids is 1. The van der Waals surface area contributed by atoms with Crippen LogP contribution in [0.5, 0.6) is 0 Å². The highest BCUT2D eigenvalue weighted by Crippen LogP contribution is 2.33. The molecule has 0 radical (unpaired) electrons. The van der Waals surface area contributed by atoms with Gasteiger partial charge in [-0.3, -0.25) is 18.7 Å². The molecule has 1 aliphatic carbocycles. The van der Waals surface area contributed by atoms with Crippen LogP contribution in [0, 0.1) is 0 Å². The Labute approximate surface area is 166 Å². The number of rotatable bonds is 5. The van der Waals surface area contributed by atoms with E-state index in [2.05, 4.69) is 5.32 Å². The summed E-state index contributed by atoms with van der Waals surface area (Å²) < 4.78 is 2.58. The number of carbonyl (C=O) groups is 1. The molecule has 1 amide bonds. The Morgan fingerprint density at radius 1 is 1.14 bits per heavy atom. The molecule has 1 N–H and O–H groups in total. The Morgan fingerprint density at radius 3 is 2.68 bits per heavy atom. The lowest BCUT2D eigenvalue weighted by Gasteiger charge is -2.11. The van der Waals surface area contributed by atoms with Gasteiger partial charge in [0.2, 0.25) is 5.91 Å². The van der Waals surface area contributed by atoms with E-state index < -0.39 is 5.69 Å². The molecule has 0 saturated carbocycles. The molecule has 1 aliphatic rings. The third-order valence-corrected chi connectivity index (χ3v) is 6.68. The number of nitrogens with one attached hydrogen (secondary N) is 1. The number of hydrogen-bond donors (Lipinski definition) is 1. The first-order chi connectivity index (χ1) is 13.6. The van der Waals surface area contributed by atoms with Gasteiger partial charge in [0.25, 0.3) is 5.56 Å². The number of fused-ring (bicyclic) bond motifs is 3. The molecule has 6 nitrogen and oxygen atoms in total. The Morgan fingerprint density at radius 2 is 1.89 bits per heavy atom. The van der Waals surface area contributed by atoms with Gasteiger partial charge in [0.15, 0.2) is 0 Å². The Balaban J connectivity index is 1.57. The molecule has 3 aromatic rings. The van der Waals surface area contributed by atoms with E-state index in [4.69, 9.17) is 0 Å². The van der Waals surface area contributed by atoms with Crippen molar-refractivity contribution in [3.63, 3.8) is 0 Å². The van der Waals surface area contributed by atoms with Gasteiger partial charge in [-0.2, -0.15) is 0 Å². The molecule has 0 atom stereocenters. The van der Waals surface area contributed by atoms with Crippen LogP contribution in [-0.4, -0.2) is 21.6 Å². The van der Waals surface area contributed by atoms with Crippen molar-refractivity contribution in [3.05, 3.63) is 67.2 Å². The zero-order chi connectivity index (χ0) is 19.7. The molecular formula is C21H23N3O3S. The molecule has 2 heterocycles. The maximum atomic E-state index is 13.0. The lowest BCUT2D eigenvalue weighted by molar-refractivity contribution is -0.121. The molecule has 0 saturated heterocycles. The van der Waals surface area contributed by atoms with Crippen molar-refractivity contribution in [2.45, 2.75) is 38.6 Å². The summed E-state index contributed by atoms with van der Waals surface area (Å²) in [5.41, 5.74) is 1.43. The molecule has 0 unspecified atom stereocenters. The quantitative estimate of drug-likeness (QED) is 0.716. The first-order valence-corrected chi connectivity index (χ1v) is 10.4.